The van der Waals surface area contributed by atoms with Crippen LogP contribution in [0.25, 0.3) is 11.0 Å². The molecular formula is C20H17NO7. The van der Waals surface area contributed by atoms with Gasteiger partial charge in [0.1, 0.15) is 22.5 Å². The van der Waals surface area contributed by atoms with Crippen molar-refractivity contribution in [2.45, 2.75) is 20.8 Å². The first-order valence-electron chi connectivity index (χ1n) is 8.49. The van der Waals surface area contributed by atoms with Crippen LogP contribution >= 0.6 is 0 Å². The van der Waals surface area contributed by atoms with E-state index in [0.717, 1.165) is 0 Å². The average molecular weight is 383 g/mol. The van der Waals surface area contributed by atoms with Crippen LogP contribution in [0.5, 0.6) is 0 Å². The summed E-state index contributed by atoms with van der Waals surface area (Å²) in [5.41, 5.74) is -0.954. The van der Waals surface area contributed by atoms with Crippen molar-refractivity contribution in [3.63, 3.8) is 0 Å². The number of furan rings is 1. The highest BCUT2D eigenvalue weighted by Gasteiger charge is 2.29. The Morgan fingerprint density at radius 1 is 1.11 bits per heavy atom. The summed E-state index contributed by atoms with van der Waals surface area (Å²) in [6.45, 7) is 4.43. The maximum atomic E-state index is 12.6. The van der Waals surface area contributed by atoms with Crippen LogP contribution in [0.2, 0.25) is 0 Å². The van der Waals surface area contributed by atoms with Crippen molar-refractivity contribution >= 4 is 34.5 Å². The number of aryl methyl sites for hydroxylation is 1. The van der Waals surface area contributed by atoms with Crippen molar-refractivity contribution in [3.05, 3.63) is 63.2 Å². The third-order valence-corrected chi connectivity index (χ3v) is 4.03. The minimum absolute atomic E-state index is 0.0132. The largest absolute Gasteiger partial charge is 0.462 e. The Hall–Kier alpha value is -3.68. The van der Waals surface area contributed by atoms with Crippen LogP contribution in [-0.2, 0) is 4.74 Å². The van der Waals surface area contributed by atoms with E-state index in [1.54, 1.807) is 31.2 Å². The number of ketones is 1. The van der Waals surface area contributed by atoms with Crippen LogP contribution in [0, 0.1) is 6.92 Å². The van der Waals surface area contributed by atoms with Gasteiger partial charge in [0, 0.05) is 5.39 Å². The zero-order chi connectivity index (χ0) is 20.4. The van der Waals surface area contributed by atoms with Gasteiger partial charge in [-0.05, 0) is 32.9 Å². The molecule has 28 heavy (non-hydrogen) atoms. The number of benzene rings is 1. The molecule has 2 aromatic heterocycles. The Labute approximate surface area is 159 Å². The van der Waals surface area contributed by atoms with Crippen LogP contribution in [0.1, 0.15) is 50.7 Å². The number of fused-ring (bicyclic) bond motifs is 1. The summed E-state index contributed by atoms with van der Waals surface area (Å²) in [6, 6.07) is 8.10. The zero-order valence-corrected chi connectivity index (χ0v) is 15.5. The number of anilines is 1. The maximum Gasteiger partial charge on any atom is 0.349 e. The molecule has 3 aromatic rings. The summed E-state index contributed by atoms with van der Waals surface area (Å²) in [7, 11) is 0. The molecular weight excluding hydrogens is 366 g/mol. The SMILES string of the molecule is CCOC(=O)c1c(NC(=O)c2cc3ccccc3oc2=O)oc(C)c1C(C)=O. The standard InChI is InChI=1S/C20H17NO7/c1-4-26-20(25)16-15(10(2)22)11(3)27-18(16)21-17(23)13-9-12-7-5-6-8-14(12)28-19(13)24/h5-9H,4H2,1-3H3,(H,21,23). The number of nitrogens with one attached hydrogen (secondary N) is 1. The summed E-state index contributed by atoms with van der Waals surface area (Å²) in [4.78, 5) is 49.0. The normalized spacial score (nSPS) is 10.7. The highest BCUT2D eigenvalue weighted by Crippen LogP contribution is 2.29. The van der Waals surface area contributed by atoms with Gasteiger partial charge in [-0.15, -0.1) is 0 Å². The molecule has 1 amide bonds. The zero-order valence-electron chi connectivity index (χ0n) is 15.5. The number of carbonyl (C=O) groups excluding carboxylic acids is 3. The van der Waals surface area contributed by atoms with Gasteiger partial charge in [0.15, 0.2) is 5.78 Å². The van der Waals surface area contributed by atoms with E-state index in [-0.39, 0.29) is 34.9 Å². The number of Topliss-reactive ketones (excluding diaryl/α,β-unsaturated/α-hetero) is 1. The number of carbonyl (C=O) groups is 3. The number of amides is 1. The molecule has 0 spiro atoms. The Bertz CT molecular complexity index is 1150. The Morgan fingerprint density at radius 3 is 2.50 bits per heavy atom. The molecule has 0 fully saturated rings. The van der Waals surface area contributed by atoms with Crippen molar-refractivity contribution in [2.75, 3.05) is 11.9 Å². The summed E-state index contributed by atoms with van der Waals surface area (Å²) in [5, 5.41) is 2.92. The fourth-order valence-electron chi connectivity index (χ4n) is 2.85. The fourth-order valence-corrected chi connectivity index (χ4v) is 2.85. The van der Waals surface area contributed by atoms with Gasteiger partial charge in [-0.3, -0.25) is 14.9 Å². The van der Waals surface area contributed by atoms with Crippen LogP contribution in [0.3, 0.4) is 0 Å². The quantitative estimate of drug-likeness (QED) is 0.408. The minimum Gasteiger partial charge on any atom is -0.462 e. The molecule has 0 aliphatic heterocycles. The van der Waals surface area contributed by atoms with E-state index in [2.05, 4.69) is 5.32 Å². The van der Waals surface area contributed by atoms with Crippen LogP contribution < -0.4 is 10.9 Å². The summed E-state index contributed by atoms with van der Waals surface area (Å²) >= 11 is 0. The summed E-state index contributed by atoms with van der Waals surface area (Å²) < 4.78 is 15.5. The van der Waals surface area contributed by atoms with Crippen molar-refractivity contribution < 1.29 is 28.0 Å². The summed E-state index contributed by atoms with van der Waals surface area (Å²) in [6.07, 6.45) is 0. The van der Waals surface area contributed by atoms with E-state index in [0.29, 0.717) is 11.0 Å². The predicted octanol–water partition coefficient (Wildman–Crippen LogP) is 3.33. The second kappa shape index (κ2) is 7.51. The Kier molecular flexibility index (Phi) is 5.12. The smallest absolute Gasteiger partial charge is 0.349 e. The van der Waals surface area contributed by atoms with Crippen molar-refractivity contribution in [1.29, 1.82) is 0 Å². The monoisotopic (exact) mass is 383 g/mol. The molecule has 0 atom stereocenters. The molecule has 0 aliphatic rings. The van der Waals surface area contributed by atoms with E-state index >= 15 is 0 Å². The van der Waals surface area contributed by atoms with Gasteiger partial charge in [0.2, 0.25) is 5.88 Å². The molecule has 3 rings (SSSR count). The third kappa shape index (κ3) is 3.44. The maximum absolute atomic E-state index is 12.6. The first-order chi connectivity index (χ1) is 13.3. The van der Waals surface area contributed by atoms with Crippen LogP contribution in [0.15, 0.2) is 44.0 Å². The second-order valence-electron chi connectivity index (χ2n) is 5.95. The topological polar surface area (TPSA) is 116 Å². The van der Waals surface area contributed by atoms with E-state index in [1.807, 2.05) is 0 Å². The van der Waals surface area contributed by atoms with Crippen molar-refractivity contribution in [2.24, 2.45) is 0 Å². The highest BCUT2D eigenvalue weighted by atomic mass is 16.5. The van der Waals surface area contributed by atoms with E-state index in [1.165, 1.54) is 19.9 Å². The number of ether oxygens (including phenoxy) is 1. The molecule has 0 bridgehead atoms. The lowest BCUT2D eigenvalue weighted by Gasteiger charge is -2.06. The van der Waals surface area contributed by atoms with Crippen molar-refractivity contribution in [1.82, 2.24) is 0 Å². The second-order valence-corrected chi connectivity index (χ2v) is 5.95. The fraction of sp³-hybridized carbons (Fsp3) is 0.200. The first-order valence-corrected chi connectivity index (χ1v) is 8.49. The van der Waals surface area contributed by atoms with E-state index in [4.69, 9.17) is 13.6 Å². The van der Waals surface area contributed by atoms with Gasteiger partial charge >= 0.3 is 11.6 Å². The number of para-hydroxylation sites is 1. The molecule has 2 heterocycles. The van der Waals surface area contributed by atoms with Gasteiger partial charge in [-0.25, -0.2) is 9.59 Å². The molecule has 0 radical (unpaired) electrons. The van der Waals surface area contributed by atoms with Gasteiger partial charge < -0.3 is 13.6 Å². The molecule has 0 saturated heterocycles. The van der Waals surface area contributed by atoms with Gasteiger partial charge in [0.25, 0.3) is 5.91 Å². The first kappa shape index (κ1) is 19.1. The lowest BCUT2D eigenvalue weighted by atomic mass is 10.1. The van der Waals surface area contributed by atoms with Gasteiger partial charge in [-0.2, -0.15) is 0 Å². The molecule has 8 nitrogen and oxygen atoms in total. The molecule has 1 aromatic carbocycles. The minimum atomic E-state index is -0.844. The molecule has 8 heteroatoms. The molecule has 1 N–H and O–H groups in total. The van der Waals surface area contributed by atoms with E-state index < -0.39 is 23.3 Å². The Balaban J connectivity index is 2.04. The lowest BCUT2D eigenvalue weighted by molar-refractivity contribution is 0.0524. The van der Waals surface area contributed by atoms with E-state index in [9.17, 15) is 19.2 Å². The summed E-state index contributed by atoms with van der Waals surface area (Å²) in [5.74, 6) is -2.19. The number of hydrogen-bond donors (Lipinski definition) is 1. The van der Waals surface area contributed by atoms with Gasteiger partial charge in [0.05, 0.1) is 12.2 Å². The Morgan fingerprint density at radius 2 is 1.82 bits per heavy atom. The third-order valence-electron chi connectivity index (χ3n) is 4.03. The molecule has 0 unspecified atom stereocenters. The van der Waals surface area contributed by atoms with Crippen LogP contribution in [0.4, 0.5) is 5.88 Å². The number of rotatable bonds is 5. The number of hydrogen-bond acceptors (Lipinski definition) is 7. The molecule has 144 valence electrons. The van der Waals surface area contributed by atoms with Gasteiger partial charge in [-0.1, -0.05) is 18.2 Å². The van der Waals surface area contributed by atoms with Crippen LogP contribution in [-0.4, -0.2) is 24.3 Å². The highest BCUT2D eigenvalue weighted by molar-refractivity contribution is 6.13. The number of esters is 1. The lowest BCUT2D eigenvalue weighted by Crippen LogP contribution is -2.22. The molecule has 0 aliphatic carbocycles. The predicted molar refractivity (Wildman–Crippen MR) is 99.8 cm³/mol. The van der Waals surface area contributed by atoms with Crippen molar-refractivity contribution in [3.8, 4) is 0 Å². The molecule has 0 saturated carbocycles. The average Bonchev–Trinajstić information content (AvgIpc) is 2.97.